The van der Waals surface area contributed by atoms with Gasteiger partial charge in [-0.2, -0.15) is 0 Å². The Morgan fingerprint density at radius 1 is 0.900 bits per heavy atom. The summed E-state index contributed by atoms with van der Waals surface area (Å²) in [5.74, 6) is 0. The number of anilines is 2. The minimum absolute atomic E-state index is 1.03. The molecule has 0 unspecified atom stereocenters. The first kappa shape index (κ1) is 12.7. The Balaban J connectivity index is 2.19. The fourth-order valence-corrected chi connectivity index (χ4v) is 2.59. The highest BCUT2D eigenvalue weighted by Crippen LogP contribution is 2.29. The number of nitrogens with one attached hydrogen (secondary N) is 1. The molecule has 1 aromatic heterocycles. The lowest BCUT2D eigenvalue weighted by molar-refractivity contribution is 1.23. The van der Waals surface area contributed by atoms with Crippen molar-refractivity contribution in [2.75, 3.05) is 5.32 Å². The second-order valence-electron chi connectivity index (χ2n) is 5.28. The Labute approximate surface area is 119 Å². The van der Waals surface area contributed by atoms with Crippen LogP contribution in [0.3, 0.4) is 0 Å². The van der Waals surface area contributed by atoms with Gasteiger partial charge in [0.1, 0.15) is 0 Å². The Bertz CT molecular complexity index is 761. The van der Waals surface area contributed by atoms with E-state index in [9.17, 15) is 0 Å². The summed E-state index contributed by atoms with van der Waals surface area (Å²) >= 11 is 0. The number of rotatable bonds is 2. The lowest BCUT2D eigenvalue weighted by atomic mass is 10.0. The van der Waals surface area contributed by atoms with E-state index in [4.69, 9.17) is 0 Å². The van der Waals surface area contributed by atoms with E-state index in [1.165, 1.54) is 16.5 Å². The predicted molar refractivity (Wildman–Crippen MR) is 85.7 cm³/mol. The first-order chi connectivity index (χ1) is 9.63. The van der Waals surface area contributed by atoms with Crippen molar-refractivity contribution in [1.29, 1.82) is 0 Å². The summed E-state index contributed by atoms with van der Waals surface area (Å²) < 4.78 is 0. The fourth-order valence-electron chi connectivity index (χ4n) is 2.59. The van der Waals surface area contributed by atoms with Crippen molar-refractivity contribution in [1.82, 2.24) is 4.98 Å². The van der Waals surface area contributed by atoms with Crippen LogP contribution in [0, 0.1) is 20.8 Å². The molecule has 1 heterocycles. The zero-order valence-corrected chi connectivity index (χ0v) is 12.1. The monoisotopic (exact) mass is 262 g/mol. The maximum Gasteiger partial charge on any atom is 0.0755 e. The molecule has 100 valence electrons. The quantitative estimate of drug-likeness (QED) is 0.710. The second kappa shape index (κ2) is 4.97. The van der Waals surface area contributed by atoms with Crippen LogP contribution in [0.4, 0.5) is 11.4 Å². The number of nitrogens with zero attached hydrogens (tertiary/aromatic N) is 1. The normalized spacial score (nSPS) is 10.8. The number of aromatic nitrogens is 1. The molecular weight excluding hydrogens is 244 g/mol. The van der Waals surface area contributed by atoms with E-state index in [-0.39, 0.29) is 0 Å². The smallest absolute Gasteiger partial charge is 0.0755 e. The third kappa shape index (κ3) is 2.37. The van der Waals surface area contributed by atoms with Gasteiger partial charge in [0.05, 0.1) is 5.52 Å². The van der Waals surface area contributed by atoms with E-state index in [0.29, 0.717) is 0 Å². The summed E-state index contributed by atoms with van der Waals surface area (Å²) in [6, 6.07) is 16.7. The molecule has 2 nitrogen and oxygen atoms in total. The van der Waals surface area contributed by atoms with Crippen molar-refractivity contribution in [2.45, 2.75) is 20.8 Å². The number of para-hydroxylation sites is 1. The predicted octanol–water partition coefficient (Wildman–Crippen LogP) is 4.90. The van der Waals surface area contributed by atoms with Crippen LogP contribution in [0.15, 0.2) is 48.5 Å². The summed E-state index contributed by atoms with van der Waals surface area (Å²) in [5, 5.41) is 4.68. The van der Waals surface area contributed by atoms with Gasteiger partial charge in [-0.05, 0) is 50.6 Å². The zero-order chi connectivity index (χ0) is 14.1. The van der Waals surface area contributed by atoms with E-state index in [1.807, 2.05) is 25.1 Å². The molecule has 0 saturated heterocycles. The Morgan fingerprint density at radius 2 is 1.65 bits per heavy atom. The van der Waals surface area contributed by atoms with Gasteiger partial charge >= 0.3 is 0 Å². The van der Waals surface area contributed by atoms with Crippen LogP contribution in [0.1, 0.15) is 16.8 Å². The molecule has 0 fully saturated rings. The molecule has 0 bridgehead atoms. The lowest BCUT2D eigenvalue weighted by Crippen LogP contribution is -1.96. The molecule has 0 radical (unpaired) electrons. The maximum absolute atomic E-state index is 4.68. The number of aryl methyl sites for hydroxylation is 3. The molecule has 0 amide bonds. The standard InChI is InChI=1S/C18H18N2/c1-12-9-13(2)18-16(10-12)17(11-14(3)19-18)20-15-7-5-4-6-8-15/h4-11H,1-3H3,(H,19,20). The van der Waals surface area contributed by atoms with Gasteiger partial charge in [0.25, 0.3) is 0 Å². The van der Waals surface area contributed by atoms with Crippen LogP contribution in [0.2, 0.25) is 0 Å². The van der Waals surface area contributed by atoms with Crippen molar-refractivity contribution in [3.63, 3.8) is 0 Å². The number of fused-ring (bicyclic) bond motifs is 1. The van der Waals surface area contributed by atoms with E-state index in [0.717, 1.165) is 22.6 Å². The van der Waals surface area contributed by atoms with Crippen LogP contribution in [0.5, 0.6) is 0 Å². The first-order valence-corrected chi connectivity index (χ1v) is 6.84. The van der Waals surface area contributed by atoms with Crippen molar-refractivity contribution in [2.24, 2.45) is 0 Å². The van der Waals surface area contributed by atoms with Crippen LogP contribution < -0.4 is 5.32 Å². The highest BCUT2D eigenvalue weighted by atomic mass is 14.9. The van der Waals surface area contributed by atoms with Gasteiger partial charge < -0.3 is 5.32 Å². The molecule has 2 aromatic carbocycles. The molecule has 1 N–H and O–H groups in total. The molecule has 20 heavy (non-hydrogen) atoms. The molecule has 0 aliphatic carbocycles. The van der Waals surface area contributed by atoms with Crippen molar-refractivity contribution >= 4 is 22.3 Å². The molecule has 0 atom stereocenters. The van der Waals surface area contributed by atoms with Crippen LogP contribution in [0.25, 0.3) is 10.9 Å². The van der Waals surface area contributed by atoms with E-state index < -0.39 is 0 Å². The molecule has 0 aliphatic heterocycles. The van der Waals surface area contributed by atoms with Crippen LogP contribution >= 0.6 is 0 Å². The van der Waals surface area contributed by atoms with Gasteiger partial charge in [0, 0.05) is 22.5 Å². The van der Waals surface area contributed by atoms with Crippen molar-refractivity contribution < 1.29 is 0 Å². The fraction of sp³-hybridized carbons (Fsp3) is 0.167. The van der Waals surface area contributed by atoms with Gasteiger partial charge in [-0.3, -0.25) is 4.98 Å². The zero-order valence-electron chi connectivity index (χ0n) is 12.1. The third-order valence-electron chi connectivity index (χ3n) is 3.43. The molecular formula is C18H18N2. The van der Waals surface area contributed by atoms with Crippen molar-refractivity contribution in [3.8, 4) is 0 Å². The summed E-state index contributed by atoms with van der Waals surface area (Å²) in [7, 11) is 0. The molecule has 3 rings (SSSR count). The molecule has 3 aromatic rings. The Hall–Kier alpha value is -2.35. The van der Waals surface area contributed by atoms with Gasteiger partial charge in [-0.25, -0.2) is 0 Å². The minimum atomic E-state index is 1.03. The summed E-state index contributed by atoms with van der Waals surface area (Å²) in [6.45, 7) is 6.28. The Kier molecular flexibility index (Phi) is 3.15. The molecule has 0 spiro atoms. The summed E-state index contributed by atoms with van der Waals surface area (Å²) in [4.78, 5) is 4.68. The SMILES string of the molecule is Cc1cc(C)c2nc(C)cc(Nc3ccccc3)c2c1. The first-order valence-electron chi connectivity index (χ1n) is 6.84. The number of hydrogen-bond donors (Lipinski definition) is 1. The molecule has 0 saturated carbocycles. The van der Waals surface area contributed by atoms with Crippen LogP contribution in [-0.4, -0.2) is 4.98 Å². The van der Waals surface area contributed by atoms with Gasteiger partial charge in [-0.1, -0.05) is 29.8 Å². The Morgan fingerprint density at radius 3 is 2.40 bits per heavy atom. The van der Waals surface area contributed by atoms with Gasteiger partial charge in [0.2, 0.25) is 0 Å². The largest absolute Gasteiger partial charge is 0.355 e. The van der Waals surface area contributed by atoms with E-state index in [1.54, 1.807) is 0 Å². The highest BCUT2D eigenvalue weighted by Gasteiger charge is 2.07. The van der Waals surface area contributed by atoms with Crippen LogP contribution in [-0.2, 0) is 0 Å². The second-order valence-corrected chi connectivity index (χ2v) is 5.28. The average molecular weight is 262 g/mol. The number of benzene rings is 2. The number of pyridine rings is 1. The van der Waals surface area contributed by atoms with Gasteiger partial charge in [-0.15, -0.1) is 0 Å². The lowest BCUT2D eigenvalue weighted by Gasteiger charge is -2.13. The van der Waals surface area contributed by atoms with Gasteiger partial charge in [0.15, 0.2) is 0 Å². The minimum Gasteiger partial charge on any atom is -0.355 e. The summed E-state index contributed by atoms with van der Waals surface area (Å²) in [5.41, 5.74) is 6.80. The molecule has 0 aliphatic rings. The highest BCUT2D eigenvalue weighted by molar-refractivity contribution is 5.95. The average Bonchev–Trinajstić information content (AvgIpc) is 2.41. The topological polar surface area (TPSA) is 24.9 Å². The van der Waals surface area contributed by atoms with E-state index >= 15 is 0 Å². The van der Waals surface area contributed by atoms with Crippen molar-refractivity contribution in [3.05, 3.63) is 65.4 Å². The molecule has 2 heteroatoms. The summed E-state index contributed by atoms with van der Waals surface area (Å²) in [6.07, 6.45) is 0. The van der Waals surface area contributed by atoms with E-state index in [2.05, 4.69) is 54.5 Å². The third-order valence-corrected chi connectivity index (χ3v) is 3.43. The number of hydrogen-bond acceptors (Lipinski definition) is 2. The maximum atomic E-state index is 4.68.